The minimum absolute atomic E-state index is 0.0891. The summed E-state index contributed by atoms with van der Waals surface area (Å²) in [4.78, 5) is 1.75. The van der Waals surface area contributed by atoms with Crippen molar-refractivity contribution in [1.29, 1.82) is 10.5 Å². The molecule has 130 valence electrons. The molecule has 0 spiro atoms. The fraction of sp³-hybridized carbons (Fsp3) is 0.200. The van der Waals surface area contributed by atoms with Crippen LogP contribution in [0.2, 0.25) is 5.02 Å². The van der Waals surface area contributed by atoms with E-state index in [-0.39, 0.29) is 19.3 Å². The molecule has 1 heterocycles. The van der Waals surface area contributed by atoms with Gasteiger partial charge in [-0.15, -0.1) is 0 Å². The molecule has 0 aliphatic carbocycles. The van der Waals surface area contributed by atoms with Crippen LogP contribution in [0, 0.1) is 22.7 Å². The number of nitriles is 2. The Balaban J connectivity index is 1.92. The van der Waals surface area contributed by atoms with Crippen molar-refractivity contribution >= 4 is 17.3 Å². The van der Waals surface area contributed by atoms with E-state index in [1.165, 1.54) is 0 Å². The highest BCUT2D eigenvalue weighted by atomic mass is 35.5. The Morgan fingerprint density at radius 3 is 2.65 bits per heavy atom. The van der Waals surface area contributed by atoms with E-state index in [4.69, 9.17) is 21.1 Å². The molecule has 0 bridgehead atoms. The van der Waals surface area contributed by atoms with E-state index in [0.717, 1.165) is 0 Å². The lowest BCUT2D eigenvalue weighted by Gasteiger charge is -2.23. The smallest absolute Gasteiger partial charge is 0.146 e. The van der Waals surface area contributed by atoms with Gasteiger partial charge in [0.2, 0.25) is 0 Å². The lowest BCUT2D eigenvalue weighted by molar-refractivity contribution is 0.135. The third-order valence-electron chi connectivity index (χ3n) is 4.06. The number of halogens is 1. The largest absolute Gasteiger partial charge is 0.456 e. The molecule has 3 rings (SSSR count). The molecule has 6 heteroatoms. The quantitative estimate of drug-likeness (QED) is 0.721. The first-order chi connectivity index (χ1) is 12.6. The minimum Gasteiger partial charge on any atom is -0.456 e. The molecular weight excluding hydrogens is 350 g/mol. The molecule has 0 saturated carbocycles. The molecule has 2 aromatic rings. The SMILES string of the molecule is CC1OCC(N(CC#N)c2ccc(Oc3ccccc3)c(Cl)c2)=C1C#N. The van der Waals surface area contributed by atoms with Gasteiger partial charge in [-0.25, -0.2) is 0 Å². The average molecular weight is 366 g/mol. The van der Waals surface area contributed by atoms with Crippen molar-refractivity contribution in [2.75, 3.05) is 18.1 Å². The number of hydrogen-bond donors (Lipinski definition) is 0. The van der Waals surface area contributed by atoms with Crippen molar-refractivity contribution in [1.82, 2.24) is 0 Å². The number of hydrogen-bond acceptors (Lipinski definition) is 5. The first-order valence-electron chi connectivity index (χ1n) is 8.05. The lowest BCUT2D eigenvalue weighted by Crippen LogP contribution is -2.24. The van der Waals surface area contributed by atoms with Crippen molar-refractivity contribution in [3.63, 3.8) is 0 Å². The monoisotopic (exact) mass is 365 g/mol. The predicted octanol–water partition coefficient (Wildman–Crippen LogP) is 4.66. The molecular formula is C20H16ClN3O2. The van der Waals surface area contributed by atoms with Crippen LogP contribution in [0.5, 0.6) is 11.5 Å². The van der Waals surface area contributed by atoms with Crippen molar-refractivity contribution in [2.24, 2.45) is 0 Å². The Bertz CT molecular complexity index is 913. The maximum atomic E-state index is 9.39. The van der Waals surface area contributed by atoms with E-state index in [2.05, 4.69) is 12.1 Å². The highest BCUT2D eigenvalue weighted by Crippen LogP contribution is 2.35. The second kappa shape index (κ2) is 7.93. The van der Waals surface area contributed by atoms with E-state index in [1.54, 1.807) is 17.0 Å². The molecule has 1 aliphatic rings. The molecule has 26 heavy (non-hydrogen) atoms. The van der Waals surface area contributed by atoms with Gasteiger partial charge in [-0.1, -0.05) is 29.8 Å². The highest BCUT2D eigenvalue weighted by molar-refractivity contribution is 6.32. The van der Waals surface area contributed by atoms with Crippen molar-refractivity contribution < 1.29 is 9.47 Å². The Hall–Kier alpha value is -2.99. The zero-order valence-corrected chi connectivity index (χ0v) is 14.9. The van der Waals surface area contributed by atoms with Crippen LogP contribution in [0.1, 0.15) is 6.92 Å². The van der Waals surface area contributed by atoms with Crippen LogP contribution >= 0.6 is 11.6 Å². The van der Waals surface area contributed by atoms with E-state index in [9.17, 15) is 10.5 Å². The van der Waals surface area contributed by atoms with Crippen LogP contribution in [0.3, 0.4) is 0 Å². The fourth-order valence-electron chi connectivity index (χ4n) is 2.75. The average Bonchev–Trinajstić information content (AvgIpc) is 3.02. The Kier molecular flexibility index (Phi) is 5.43. The van der Waals surface area contributed by atoms with Gasteiger partial charge in [0.25, 0.3) is 0 Å². The minimum atomic E-state index is -0.285. The second-order valence-electron chi connectivity index (χ2n) is 5.70. The summed E-state index contributed by atoms with van der Waals surface area (Å²) in [7, 11) is 0. The molecule has 0 amide bonds. The van der Waals surface area contributed by atoms with Crippen molar-refractivity contribution in [3.8, 4) is 23.6 Å². The van der Waals surface area contributed by atoms with Crippen molar-refractivity contribution in [2.45, 2.75) is 13.0 Å². The summed E-state index contributed by atoms with van der Waals surface area (Å²) in [6.45, 7) is 2.19. The van der Waals surface area contributed by atoms with Crippen LogP contribution < -0.4 is 9.64 Å². The van der Waals surface area contributed by atoms with Gasteiger partial charge in [0.05, 0.1) is 41.1 Å². The summed E-state index contributed by atoms with van der Waals surface area (Å²) in [6, 6.07) is 18.9. The molecule has 2 aromatic carbocycles. The Labute approximate surface area is 157 Å². The second-order valence-corrected chi connectivity index (χ2v) is 6.11. The van der Waals surface area contributed by atoms with Gasteiger partial charge in [-0.2, -0.15) is 10.5 Å². The van der Waals surface area contributed by atoms with Gasteiger partial charge in [-0.05, 0) is 37.3 Å². The van der Waals surface area contributed by atoms with E-state index in [0.29, 0.717) is 33.5 Å². The van der Waals surface area contributed by atoms with Crippen LogP contribution in [0.15, 0.2) is 59.8 Å². The Morgan fingerprint density at radius 1 is 1.23 bits per heavy atom. The molecule has 1 unspecified atom stereocenters. The molecule has 0 radical (unpaired) electrons. The summed E-state index contributed by atoms with van der Waals surface area (Å²) in [5.41, 5.74) is 1.92. The van der Waals surface area contributed by atoms with Gasteiger partial charge >= 0.3 is 0 Å². The van der Waals surface area contributed by atoms with Crippen LogP contribution in [0.4, 0.5) is 5.69 Å². The standard InChI is InChI=1S/C20H16ClN3O2/c1-14-17(12-23)19(13-25-14)24(10-9-22)15-7-8-20(18(21)11-15)26-16-5-3-2-4-6-16/h2-8,11,14H,10,13H2,1H3. The summed E-state index contributed by atoms with van der Waals surface area (Å²) < 4.78 is 11.3. The van der Waals surface area contributed by atoms with Gasteiger partial charge in [-0.3, -0.25) is 0 Å². The number of ether oxygens (including phenoxy) is 2. The number of para-hydroxylation sites is 1. The summed E-state index contributed by atoms with van der Waals surface area (Å²) in [5.74, 6) is 1.20. The first kappa shape index (κ1) is 17.8. The molecule has 0 fully saturated rings. The predicted molar refractivity (Wildman–Crippen MR) is 99.0 cm³/mol. The molecule has 1 atom stereocenters. The van der Waals surface area contributed by atoms with Gasteiger partial charge in [0, 0.05) is 5.69 Å². The summed E-state index contributed by atoms with van der Waals surface area (Å²) >= 11 is 6.38. The Morgan fingerprint density at radius 2 is 2.00 bits per heavy atom. The topological polar surface area (TPSA) is 69.3 Å². The van der Waals surface area contributed by atoms with Crippen LogP contribution in [-0.2, 0) is 4.74 Å². The molecule has 0 aromatic heterocycles. The first-order valence-corrected chi connectivity index (χ1v) is 8.43. The number of anilines is 1. The fourth-order valence-corrected chi connectivity index (χ4v) is 2.96. The highest BCUT2D eigenvalue weighted by Gasteiger charge is 2.27. The number of rotatable bonds is 5. The maximum absolute atomic E-state index is 9.39. The number of benzene rings is 2. The van der Waals surface area contributed by atoms with E-state index < -0.39 is 0 Å². The zero-order chi connectivity index (χ0) is 18.5. The molecule has 1 aliphatic heterocycles. The third-order valence-corrected chi connectivity index (χ3v) is 4.36. The number of nitrogens with zero attached hydrogens (tertiary/aromatic N) is 3. The normalized spacial score (nSPS) is 16.1. The van der Waals surface area contributed by atoms with Gasteiger partial charge in [0.15, 0.2) is 0 Å². The summed E-state index contributed by atoms with van der Waals surface area (Å²) in [5, 5.41) is 19.0. The molecule has 0 saturated heterocycles. The summed E-state index contributed by atoms with van der Waals surface area (Å²) in [6.07, 6.45) is -0.285. The van der Waals surface area contributed by atoms with E-state index >= 15 is 0 Å². The van der Waals surface area contributed by atoms with Crippen LogP contribution in [0.25, 0.3) is 0 Å². The van der Waals surface area contributed by atoms with Gasteiger partial charge < -0.3 is 14.4 Å². The zero-order valence-electron chi connectivity index (χ0n) is 14.1. The van der Waals surface area contributed by atoms with Gasteiger partial charge in [0.1, 0.15) is 18.0 Å². The lowest BCUT2D eigenvalue weighted by atomic mass is 10.1. The van der Waals surface area contributed by atoms with E-state index in [1.807, 2.05) is 43.3 Å². The third kappa shape index (κ3) is 3.65. The maximum Gasteiger partial charge on any atom is 0.146 e. The van der Waals surface area contributed by atoms with Crippen molar-refractivity contribution in [3.05, 3.63) is 64.8 Å². The molecule has 0 N–H and O–H groups in total. The van der Waals surface area contributed by atoms with Crippen LogP contribution in [-0.4, -0.2) is 19.3 Å². The molecule has 5 nitrogen and oxygen atoms in total.